The van der Waals surface area contributed by atoms with Crippen LogP contribution in [0.4, 0.5) is 25.8 Å². The number of hydrogen-bond acceptors (Lipinski definition) is 6. The predicted octanol–water partition coefficient (Wildman–Crippen LogP) is 3.68. The third-order valence-electron chi connectivity index (χ3n) is 5.43. The van der Waals surface area contributed by atoms with Crippen molar-refractivity contribution in [3.05, 3.63) is 71.9 Å². The molecule has 2 aromatic carbocycles. The van der Waals surface area contributed by atoms with Crippen molar-refractivity contribution in [1.82, 2.24) is 15.6 Å². The van der Waals surface area contributed by atoms with Gasteiger partial charge >= 0.3 is 0 Å². The molecule has 0 atom stereocenters. The van der Waals surface area contributed by atoms with Gasteiger partial charge in [-0.25, -0.2) is 13.8 Å². The average Bonchev–Trinajstić information content (AvgIpc) is 3.38. The Morgan fingerprint density at radius 2 is 1.82 bits per heavy atom. The molecule has 8 nitrogen and oxygen atoms in total. The largest absolute Gasteiger partial charge is 0.451 e. The van der Waals surface area contributed by atoms with E-state index in [0.29, 0.717) is 23.7 Å². The van der Waals surface area contributed by atoms with Crippen LogP contribution in [0.5, 0.6) is 0 Å². The van der Waals surface area contributed by atoms with Crippen LogP contribution in [0.1, 0.15) is 33.7 Å². The van der Waals surface area contributed by atoms with E-state index in [0.717, 1.165) is 44.7 Å². The minimum Gasteiger partial charge on any atom is -0.451 e. The molecule has 0 saturated carbocycles. The SMILES string of the molecule is O=C(NCC1CCNCC1)c1ccc(Nc2ccc(F)c(NC(=O)c3cocn3)c2F)cc1. The molecule has 0 unspecified atom stereocenters. The van der Waals surface area contributed by atoms with Crippen molar-refractivity contribution in [2.24, 2.45) is 5.92 Å². The first-order chi connectivity index (χ1) is 16.0. The fraction of sp³-hybridized carbons (Fsp3) is 0.261. The molecule has 1 aromatic heterocycles. The Hall–Kier alpha value is -3.79. The molecule has 2 heterocycles. The zero-order chi connectivity index (χ0) is 23.2. The first kappa shape index (κ1) is 22.4. The van der Waals surface area contributed by atoms with Gasteiger partial charge in [-0.2, -0.15) is 0 Å². The Morgan fingerprint density at radius 3 is 2.52 bits per heavy atom. The quantitative estimate of drug-likeness (QED) is 0.433. The van der Waals surface area contributed by atoms with E-state index in [4.69, 9.17) is 4.42 Å². The maximum atomic E-state index is 14.9. The molecule has 10 heteroatoms. The molecule has 33 heavy (non-hydrogen) atoms. The number of nitrogens with zero attached hydrogens (tertiary/aromatic N) is 1. The van der Waals surface area contributed by atoms with Gasteiger partial charge in [0.05, 0.1) is 5.69 Å². The number of rotatable bonds is 7. The molecule has 4 rings (SSSR count). The van der Waals surface area contributed by atoms with Crippen molar-refractivity contribution in [3.8, 4) is 0 Å². The Kier molecular flexibility index (Phi) is 6.94. The number of oxazole rings is 1. The second-order valence-corrected chi connectivity index (χ2v) is 7.72. The Balaban J connectivity index is 1.40. The van der Waals surface area contributed by atoms with Crippen LogP contribution in [-0.4, -0.2) is 36.4 Å². The number of carbonyl (C=O) groups is 2. The van der Waals surface area contributed by atoms with Crippen LogP contribution in [-0.2, 0) is 0 Å². The van der Waals surface area contributed by atoms with E-state index in [1.807, 2.05) is 0 Å². The number of hydrogen-bond donors (Lipinski definition) is 4. The number of halogens is 2. The number of carbonyl (C=O) groups excluding carboxylic acids is 2. The smallest absolute Gasteiger partial charge is 0.277 e. The van der Waals surface area contributed by atoms with Gasteiger partial charge in [0, 0.05) is 17.8 Å². The molecule has 2 amide bonds. The van der Waals surface area contributed by atoms with Gasteiger partial charge in [0.1, 0.15) is 17.8 Å². The molecule has 1 saturated heterocycles. The first-order valence-electron chi connectivity index (χ1n) is 10.5. The summed E-state index contributed by atoms with van der Waals surface area (Å²) in [6.07, 6.45) is 4.18. The molecular formula is C23H23F2N5O3. The lowest BCUT2D eigenvalue weighted by Crippen LogP contribution is -2.35. The van der Waals surface area contributed by atoms with Crippen LogP contribution in [0.2, 0.25) is 0 Å². The second-order valence-electron chi connectivity index (χ2n) is 7.72. The molecule has 1 aliphatic rings. The molecule has 0 bridgehead atoms. The van der Waals surface area contributed by atoms with Gasteiger partial charge in [-0.3, -0.25) is 9.59 Å². The molecule has 0 spiro atoms. The summed E-state index contributed by atoms with van der Waals surface area (Å²) in [5.74, 6) is -2.42. The first-order valence-corrected chi connectivity index (χ1v) is 10.5. The van der Waals surface area contributed by atoms with Crippen LogP contribution in [0, 0.1) is 17.6 Å². The fourth-order valence-electron chi connectivity index (χ4n) is 3.55. The maximum absolute atomic E-state index is 14.9. The maximum Gasteiger partial charge on any atom is 0.277 e. The van der Waals surface area contributed by atoms with E-state index >= 15 is 0 Å². The molecule has 4 N–H and O–H groups in total. The van der Waals surface area contributed by atoms with Gasteiger partial charge in [-0.05, 0) is 68.2 Å². The molecule has 172 valence electrons. The van der Waals surface area contributed by atoms with Gasteiger partial charge < -0.3 is 25.7 Å². The van der Waals surface area contributed by atoms with Gasteiger partial charge in [0.15, 0.2) is 17.9 Å². The third-order valence-corrected chi connectivity index (χ3v) is 5.43. The second kappa shape index (κ2) is 10.2. The number of nitrogens with one attached hydrogen (secondary N) is 4. The van der Waals surface area contributed by atoms with Gasteiger partial charge in [0.25, 0.3) is 11.8 Å². The summed E-state index contributed by atoms with van der Waals surface area (Å²) >= 11 is 0. The van der Waals surface area contributed by atoms with Crippen molar-refractivity contribution >= 4 is 28.9 Å². The van der Waals surface area contributed by atoms with Crippen molar-refractivity contribution < 1.29 is 22.8 Å². The highest BCUT2D eigenvalue weighted by molar-refractivity contribution is 6.03. The number of piperidine rings is 1. The lowest BCUT2D eigenvalue weighted by Gasteiger charge is -2.22. The fourth-order valence-corrected chi connectivity index (χ4v) is 3.55. The summed E-state index contributed by atoms with van der Waals surface area (Å²) in [7, 11) is 0. The van der Waals surface area contributed by atoms with Gasteiger partial charge in [-0.1, -0.05) is 0 Å². The highest BCUT2D eigenvalue weighted by atomic mass is 19.1. The Labute approximate surface area is 188 Å². The van der Waals surface area contributed by atoms with Crippen LogP contribution < -0.4 is 21.3 Å². The van der Waals surface area contributed by atoms with Crippen molar-refractivity contribution in [2.75, 3.05) is 30.3 Å². The Morgan fingerprint density at radius 1 is 1.06 bits per heavy atom. The number of amides is 2. The molecule has 1 fully saturated rings. The zero-order valence-corrected chi connectivity index (χ0v) is 17.7. The van der Waals surface area contributed by atoms with Crippen molar-refractivity contribution in [2.45, 2.75) is 12.8 Å². The van der Waals surface area contributed by atoms with Gasteiger partial charge in [0.2, 0.25) is 0 Å². The third kappa shape index (κ3) is 5.53. The zero-order valence-electron chi connectivity index (χ0n) is 17.7. The standard InChI is InChI=1S/C23H23F2N5O3/c24-17-5-6-18(20(25)21(17)30-23(32)19-12-33-13-28-19)29-16-3-1-15(2-4-16)22(31)27-11-14-7-9-26-10-8-14/h1-6,12-14,26,29H,7-11H2,(H,27,31)(H,30,32). The van der Waals surface area contributed by atoms with Crippen molar-refractivity contribution in [1.29, 1.82) is 0 Å². The van der Waals surface area contributed by atoms with E-state index in [1.54, 1.807) is 24.3 Å². The molecule has 0 radical (unpaired) electrons. The summed E-state index contributed by atoms with van der Waals surface area (Å²) in [6.45, 7) is 2.56. The highest BCUT2D eigenvalue weighted by Crippen LogP contribution is 2.28. The molecule has 3 aromatic rings. The molecule has 0 aliphatic carbocycles. The van der Waals surface area contributed by atoms with Crippen LogP contribution >= 0.6 is 0 Å². The summed E-state index contributed by atoms with van der Waals surface area (Å²) < 4.78 is 33.7. The predicted molar refractivity (Wildman–Crippen MR) is 118 cm³/mol. The Bertz CT molecular complexity index is 1110. The van der Waals surface area contributed by atoms with Crippen LogP contribution in [0.3, 0.4) is 0 Å². The van der Waals surface area contributed by atoms with E-state index in [-0.39, 0.29) is 17.3 Å². The van der Waals surface area contributed by atoms with E-state index in [1.165, 1.54) is 6.07 Å². The number of aromatic nitrogens is 1. The number of benzene rings is 2. The monoisotopic (exact) mass is 455 g/mol. The molecular weight excluding hydrogens is 432 g/mol. The van der Waals surface area contributed by atoms with Gasteiger partial charge in [-0.15, -0.1) is 0 Å². The summed E-state index contributed by atoms with van der Waals surface area (Å²) in [4.78, 5) is 28.1. The lowest BCUT2D eigenvalue weighted by molar-refractivity contribution is 0.0943. The number of anilines is 3. The van der Waals surface area contributed by atoms with E-state index in [2.05, 4.69) is 26.3 Å². The summed E-state index contributed by atoms with van der Waals surface area (Å²) in [5, 5.41) is 11.2. The lowest BCUT2D eigenvalue weighted by atomic mass is 9.98. The summed E-state index contributed by atoms with van der Waals surface area (Å²) in [6, 6.07) is 8.73. The topological polar surface area (TPSA) is 108 Å². The molecule has 1 aliphatic heterocycles. The normalized spacial score (nSPS) is 14.0. The van der Waals surface area contributed by atoms with Crippen molar-refractivity contribution in [3.63, 3.8) is 0 Å². The van der Waals surface area contributed by atoms with Crippen LogP contribution in [0.25, 0.3) is 0 Å². The van der Waals surface area contributed by atoms with E-state index < -0.39 is 23.2 Å². The average molecular weight is 455 g/mol. The minimum absolute atomic E-state index is 0.0463. The van der Waals surface area contributed by atoms with Crippen LogP contribution in [0.15, 0.2) is 53.5 Å². The summed E-state index contributed by atoms with van der Waals surface area (Å²) in [5.41, 5.74) is 0.205. The van der Waals surface area contributed by atoms with E-state index in [9.17, 15) is 18.4 Å². The highest BCUT2D eigenvalue weighted by Gasteiger charge is 2.19. The minimum atomic E-state index is -0.976.